The Bertz CT molecular complexity index is 634. The van der Waals surface area contributed by atoms with Crippen LogP contribution in [0.15, 0.2) is 4.52 Å². The number of aliphatic carboxylic acids is 2. The number of aliphatic hydroxyl groups is 2. The van der Waals surface area contributed by atoms with Gasteiger partial charge in [0.05, 0.1) is 18.8 Å². The van der Waals surface area contributed by atoms with E-state index in [0.29, 0.717) is 0 Å². The molecule has 146 valence electrons. The van der Waals surface area contributed by atoms with Crippen LogP contribution in [0.2, 0.25) is 0 Å². The Balaban J connectivity index is 2.89. The van der Waals surface area contributed by atoms with Crippen LogP contribution in [0.5, 0.6) is 0 Å². The number of hydrogen-bond acceptors (Lipinski definition) is 9. The van der Waals surface area contributed by atoms with E-state index in [1.54, 1.807) is 0 Å². The smallest absolute Gasteiger partial charge is 0.328 e. The summed E-state index contributed by atoms with van der Waals surface area (Å²) in [4.78, 5) is 37.7. The highest BCUT2D eigenvalue weighted by molar-refractivity contribution is 5.83. The van der Waals surface area contributed by atoms with E-state index in [1.807, 2.05) is 5.32 Å². The highest BCUT2D eigenvalue weighted by Gasteiger charge is 2.28. The molecular formula is C13H21N5O8. The average Bonchev–Trinajstić information content (AvgIpc) is 3.04. The lowest BCUT2D eigenvalue weighted by molar-refractivity contribution is -0.141. The number of urea groups is 1. The van der Waals surface area contributed by atoms with E-state index in [-0.39, 0.29) is 24.6 Å². The van der Waals surface area contributed by atoms with E-state index in [9.17, 15) is 19.5 Å². The largest absolute Gasteiger partial charge is 0.481 e. The van der Waals surface area contributed by atoms with Gasteiger partial charge in [0.1, 0.15) is 6.04 Å². The van der Waals surface area contributed by atoms with Crippen molar-refractivity contribution >= 4 is 18.0 Å². The highest BCUT2D eigenvalue weighted by atomic mass is 16.5. The Morgan fingerprint density at radius 1 is 1.27 bits per heavy atom. The number of nitrogens with zero attached hydrogens (tertiary/aromatic N) is 2. The molecule has 1 aromatic rings. The van der Waals surface area contributed by atoms with Crippen molar-refractivity contribution in [3.8, 4) is 0 Å². The quantitative estimate of drug-likeness (QED) is 0.239. The number of carbonyl (C=O) groups excluding carboxylic acids is 1. The third-order valence-corrected chi connectivity index (χ3v) is 3.27. The first kappa shape index (κ1) is 21.3. The molecule has 13 heteroatoms. The fourth-order valence-corrected chi connectivity index (χ4v) is 1.88. The minimum atomic E-state index is -1.57. The molecule has 0 fully saturated rings. The number of nitrogens with two attached hydrogens (primary N) is 1. The monoisotopic (exact) mass is 375 g/mol. The van der Waals surface area contributed by atoms with Crippen LogP contribution in [0.4, 0.5) is 4.79 Å². The molecule has 0 aromatic carbocycles. The van der Waals surface area contributed by atoms with Crippen LogP contribution in [0.25, 0.3) is 0 Å². The summed E-state index contributed by atoms with van der Waals surface area (Å²) in [7, 11) is 0. The molecule has 0 saturated heterocycles. The highest BCUT2D eigenvalue weighted by Crippen LogP contribution is 2.18. The number of carboxylic acids is 2. The molecule has 0 aliphatic heterocycles. The van der Waals surface area contributed by atoms with Gasteiger partial charge in [0.25, 0.3) is 0 Å². The normalized spacial score (nSPS) is 15.5. The number of aliphatic hydroxyl groups excluding tert-OH is 2. The van der Waals surface area contributed by atoms with Gasteiger partial charge in [-0.15, -0.1) is 0 Å². The molecule has 4 atom stereocenters. The third-order valence-electron chi connectivity index (χ3n) is 3.27. The molecule has 0 spiro atoms. The number of amides is 2. The first-order chi connectivity index (χ1) is 12.1. The van der Waals surface area contributed by atoms with Gasteiger partial charge in [-0.3, -0.25) is 4.79 Å². The molecule has 0 aliphatic rings. The van der Waals surface area contributed by atoms with Gasteiger partial charge in [0.2, 0.25) is 5.89 Å². The third kappa shape index (κ3) is 6.27. The number of nitrogens with one attached hydrogen (secondary N) is 2. The summed E-state index contributed by atoms with van der Waals surface area (Å²) in [6.07, 6.45) is -1.85. The second-order valence-corrected chi connectivity index (χ2v) is 5.44. The summed E-state index contributed by atoms with van der Waals surface area (Å²) in [5, 5.41) is 44.0. The number of carboxylic acid groups (broad SMARTS) is 2. The zero-order chi connectivity index (χ0) is 19.9. The predicted molar refractivity (Wildman–Crippen MR) is 82.7 cm³/mol. The number of rotatable bonds is 10. The standard InChI is InChI=1S/C13H21N5O8/c1-5(20)9(12(23)24)16-13(25)15-7(2-3-8(21)22)11-17-10(18-26-11)6(14)4-19/h5-7,9,19-20H,2-4,14H2,1H3,(H,21,22)(H,23,24)(H2,15,16,25)/t5?,6-,7?,9-/m0/s1. The van der Waals surface area contributed by atoms with Crippen LogP contribution >= 0.6 is 0 Å². The van der Waals surface area contributed by atoms with Crippen molar-refractivity contribution in [2.45, 2.75) is 44.0 Å². The summed E-state index contributed by atoms with van der Waals surface area (Å²) in [6.45, 7) is 0.725. The van der Waals surface area contributed by atoms with E-state index >= 15 is 0 Å². The molecule has 1 rings (SSSR count). The Morgan fingerprint density at radius 3 is 2.42 bits per heavy atom. The minimum Gasteiger partial charge on any atom is -0.481 e. The maximum atomic E-state index is 12.0. The van der Waals surface area contributed by atoms with E-state index in [1.165, 1.54) is 6.92 Å². The molecule has 0 saturated carbocycles. The summed E-state index contributed by atoms with van der Waals surface area (Å²) >= 11 is 0. The minimum absolute atomic E-state index is 0.0440. The van der Waals surface area contributed by atoms with Crippen LogP contribution in [-0.4, -0.2) is 67.3 Å². The molecule has 0 bridgehead atoms. The molecule has 2 amide bonds. The molecule has 1 aromatic heterocycles. The summed E-state index contributed by atoms with van der Waals surface area (Å²) in [5.74, 6) is -2.80. The summed E-state index contributed by atoms with van der Waals surface area (Å²) < 4.78 is 4.93. The van der Waals surface area contributed by atoms with Crippen LogP contribution < -0.4 is 16.4 Å². The van der Waals surface area contributed by atoms with Crippen molar-refractivity contribution in [2.24, 2.45) is 5.73 Å². The number of carbonyl (C=O) groups is 3. The molecule has 8 N–H and O–H groups in total. The molecule has 2 unspecified atom stereocenters. The first-order valence-electron chi connectivity index (χ1n) is 7.55. The topological polar surface area (TPSA) is 221 Å². The number of aromatic nitrogens is 2. The van der Waals surface area contributed by atoms with Crippen molar-refractivity contribution in [3.63, 3.8) is 0 Å². The van der Waals surface area contributed by atoms with Crippen molar-refractivity contribution < 1.29 is 39.3 Å². The van der Waals surface area contributed by atoms with Crippen LogP contribution in [0.1, 0.15) is 43.6 Å². The zero-order valence-electron chi connectivity index (χ0n) is 13.8. The Morgan fingerprint density at radius 2 is 1.92 bits per heavy atom. The van der Waals surface area contributed by atoms with Crippen LogP contribution in [0, 0.1) is 0 Å². The molecule has 1 heterocycles. The van der Waals surface area contributed by atoms with Gasteiger partial charge < -0.3 is 41.3 Å². The summed E-state index contributed by atoms with van der Waals surface area (Å²) in [6, 6.07) is -4.54. The Labute approximate surface area is 147 Å². The first-order valence-corrected chi connectivity index (χ1v) is 7.55. The van der Waals surface area contributed by atoms with Crippen molar-refractivity contribution in [3.05, 3.63) is 11.7 Å². The van der Waals surface area contributed by atoms with Crippen LogP contribution in [-0.2, 0) is 9.59 Å². The van der Waals surface area contributed by atoms with Crippen molar-refractivity contribution in [1.82, 2.24) is 20.8 Å². The van der Waals surface area contributed by atoms with Gasteiger partial charge in [-0.1, -0.05) is 5.16 Å². The fourth-order valence-electron chi connectivity index (χ4n) is 1.88. The van der Waals surface area contributed by atoms with Crippen LogP contribution in [0.3, 0.4) is 0 Å². The molecule has 0 radical (unpaired) electrons. The summed E-state index contributed by atoms with van der Waals surface area (Å²) in [5.41, 5.74) is 5.54. The van der Waals surface area contributed by atoms with Gasteiger partial charge in [-0.2, -0.15) is 4.98 Å². The van der Waals surface area contributed by atoms with Gasteiger partial charge >= 0.3 is 18.0 Å². The lowest BCUT2D eigenvalue weighted by atomic mass is 10.1. The fraction of sp³-hybridized carbons (Fsp3) is 0.615. The number of hydrogen-bond donors (Lipinski definition) is 7. The SMILES string of the molecule is CC(O)[C@H](NC(=O)NC(CCC(=O)O)c1nc([C@@H](N)CO)no1)C(=O)O. The molecule has 13 nitrogen and oxygen atoms in total. The van der Waals surface area contributed by atoms with E-state index in [0.717, 1.165) is 0 Å². The van der Waals surface area contributed by atoms with Gasteiger partial charge in [-0.25, -0.2) is 9.59 Å². The zero-order valence-corrected chi connectivity index (χ0v) is 13.8. The van der Waals surface area contributed by atoms with E-state index in [2.05, 4.69) is 15.5 Å². The Hall–Kier alpha value is -2.77. The van der Waals surface area contributed by atoms with Gasteiger partial charge in [-0.05, 0) is 13.3 Å². The van der Waals surface area contributed by atoms with E-state index < -0.39 is 48.8 Å². The van der Waals surface area contributed by atoms with Gasteiger partial charge in [0, 0.05) is 6.42 Å². The maximum Gasteiger partial charge on any atom is 0.328 e. The molecule has 26 heavy (non-hydrogen) atoms. The average molecular weight is 375 g/mol. The second-order valence-electron chi connectivity index (χ2n) is 5.44. The van der Waals surface area contributed by atoms with Crippen molar-refractivity contribution in [2.75, 3.05) is 6.61 Å². The van der Waals surface area contributed by atoms with Crippen molar-refractivity contribution in [1.29, 1.82) is 0 Å². The predicted octanol–water partition coefficient (Wildman–Crippen LogP) is -1.90. The van der Waals surface area contributed by atoms with Gasteiger partial charge in [0.15, 0.2) is 11.9 Å². The molecular weight excluding hydrogens is 354 g/mol. The lowest BCUT2D eigenvalue weighted by Crippen LogP contribution is -2.51. The maximum absolute atomic E-state index is 12.0. The van der Waals surface area contributed by atoms with E-state index in [4.69, 9.17) is 25.6 Å². The Kier molecular flexibility index (Phi) is 7.89. The second kappa shape index (κ2) is 9.65. The molecule has 0 aliphatic carbocycles. The lowest BCUT2D eigenvalue weighted by Gasteiger charge is -2.20.